The second-order valence-electron chi connectivity index (χ2n) is 5.00. The summed E-state index contributed by atoms with van der Waals surface area (Å²) in [6.45, 7) is 2.89. The zero-order valence-corrected chi connectivity index (χ0v) is 11.1. The molecule has 5 nitrogen and oxygen atoms in total. The Morgan fingerprint density at radius 1 is 1.58 bits per heavy atom. The molecule has 0 atom stereocenters. The number of nitrogens with zero attached hydrogens (tertiary/aromatic N) is 3. The van der Waals surface area contributed by atoms with Crippen LogP contribution in [0.15, 0.2) is 18.3 Å². The number of aromatic nitrogens is 1. The minimum absolute atomic E-state index is 0.127. The van der Waals surface area contributed by atoms with Crippen LogP contribution >= 0.6 is 0 Å². The van der Waals surface area contributed by atoms with Gasteiger partial charge in [0.2, 0.25) is 0 Å². The lowest BCUT2D eigenvalue weighted by atomic mass is 9.97. The van der Waals surface area contributed by atoms with Crippen LogP contribution in [0.25, 0.3) is 0 Å². The summed E-state index contributed by atoms with van der Waals surface area (Å²) >= 11 is 0. The molecule has 0 aromatic carbocycles. The third-order valence-corrected chi connectivity index (χ3v) is 3.53. The van der Waals surface area contributed by atoms with Gasteiger partial charge in [-0.1, -0.05) is 0 Å². The maximum Gasteiger partial charge on any atom is 0.251 e. The third-order valence-electron chi connectivity index (χ3n) is 3.53. The lowest BCUT2D eigenvalue weighted by Crippen LogP contribution is -2.36. The SMILES string of the molecule is CN1CCC(CNC(=O)c2ccnc(C#N)c2)CC1. The van der Waals surface area contributed by atoms with Crippen LogP contribution in [0.1, 0.15) is 28.9 Å². The van der Waals surface area contributed by atoms with Crippen molar-refractivity contribution in [3.63, 3.8) is 0 Å². The number of hydrogen-bond donors (Lipinski definition) is 1. The lowest BCUT2D eigenvalue weighted by Gasteiger charge is -2.28. The van der Waals surface area contributed by atoms with E-state index in [0.717, 1.165) is 25.9 Å². The number of nitriles is 1. The van der Waals surface area contributed by atoms with Crippen molar-refractivity contribution in [2.45, 2.75) is 12.8 Å². The average molecular weight is 258 g/mol. The monoisotopic (exact) mass is 258 g/mol. The summed E-state index contributed by atoms with van der Waals surface area (Å²) in [5.41, 5.74) is 0.770. The standard InChI is InChI=1S/C14H18N4O/c1-18-6-3-11(4-7-18)10-17-14(19)12-2-5-16-13(8-12)9-15/h2,5,8,11H,3-4,6-7,10H2,1H3,(H,17,19). The van der Waals surface area contributed by atoms with Crippen LogP contribution < -0.4 is 5.32 Å². The summed E-state index contributed by atoms with van der Waals surface area (Å²) in [5, 5.41) is 11.7. The molecule has 1 aromatic rings. The summed E-state index contributed by atoms with van der Waals surface area (Å²) in [5.74, 6) is 0.426. The van der Waals surface area contributed by atoms with E-state index in [9.17, 15) is 4.79 Å². The van der Waals surface area contributed by atoms with E-state index in [4.69, 9.17) is 5.26 Å². The minimum atomic E-state index is -0.127. The van der Waals surface area contributed by atoms with E-state index in [1.165, 1.54) is 12.3 Å². The Labute approximate surface area is 113 Å². The molecule has 0 unspecified atom stereocenters. The number of hydrogen-bond acceptors (Lipinski definition) is 4. The molecule has 1 fully saturated rings. The molecule has 100 valence electrons. The highest BCUT2D eigenvalue weighted by Gasteiger charge is 2.17. The largest absolute Gasteiger partial charge is 0.352 e. The van der Waals surface area contributed by atoms with Crippen molar-refractivity contribution >= 4 is 5.91 Å². The molecule has 0 spiro atoms. The lowest BCUT2D eigenvalue weighted by molar-refractivity contribution is 0.0939. The second kappa shape index (κ2) is 6.30. The fourth-order valence-corrected chi connectivity index (χ4v) is 2.24. The quantitative estimate of drug-likeness (QED) is 0.879. The summed E-state index contributed by atoms with van der Waals surface area (Å²) in [7, 11) is 2.12. The van der Waals surface area contributed by atoms with Gasteiger partial charge in [0.25, 0.3) is 5.91 Å². The fraction of sp³-hybridized carbons (Fsp3) is 0.500. The molecular weight excluding hydrogens is 240 g/mol. The van der Waals surface area contributed by atoms with E-state index >= 15 is 0 Å². The molecule has 1 N–H and O–H groups in total. The Morgan fingerprint density at radius 3 is 3.00 bits per heavy atom. The van der Waals surface area contributed by atoms with Gasteiger partial charge in [-0.25, -0.2) is 4.98 Å². The van der Waals surface area contributed by atoms with Crippen LogP contribution in [-0.4, -0.2) is 42.5 Å². The minimum Gasteiger partial charge on any atom is -0.352 e. The van der Waals surface area contributed by atoms with Crippen molar-refractivity contribution in [3.05, 3.63) is 29.6 Å². The first-order valence-corrected chi connectivity index (χ1v) is 6.52. The predicted molar refractivity (Wildman–Crippen MR) is 71.5 cm³/mol. The van der Waals surface area contributed by atoms with Gasteiger partial charge < -0.3 is 10.2 Å². The zero-order chi connectivity index (χ0) is 13.7. The highest BCUT2D eigenvalue weighted by Crippen LogP contribution is 2.14. The molecule has 1 aliphatic rings. The molecule has 1 saturated heterocycles. The first kappa shape index (κ1) is 13.5. The molecule has 2 heterocycles. The molecule has 2 rings (SSSR count). The zero-order valence-electron chi connectivity index (χ0n) is 11.1. The van der Waals surface area contributed by atoms with E-state index < -0.39 is 0 Å². The summed E-state index contributed by atoms with van der Waals surface area (Å²) in [6.07, 6.45) is 3.73. The van der Waals surface area contributed by atoms with Gasteiger partial charge >= 0.3 is 0 Å². The van der Waals surface area contributed by atoms with E-state index in [2.05, 4.69) is 22.2 Å². The number of carbonyl (C=O) groups is 1. The van der Waals surface area contributed by atoms with Crippen molar-refractivity contribution in [1.82, 2.24) is 15.2 Å². The Bertz CT molecular complexity index is 486. The molecule has 1 aromatic heterocycles. The van der Waals surface area contributed by atoms with E-state index in [-0.39, 0.29) is 11.6 Å². The smallest absolute Gasteiger partial charge is 0.251 e. The highest BCUT2D eigenvalue weighted by molar-refractivity contribution is 5.94. The van der Waals surface area contributed by atoms with Crippen LogP contribution in [-0.2, 0) is 0 Å². The molecular formula is C14H18N4O. The van der Waals surface area contributed by atoms with Gasteiger partial charge in [0, 0.05) is 18.3 Å². The second-order valence-corrected chi connectivity index (χ2v) is 5.00. The van der Waals surface area contributed by atoms with Gasteiger partial charge in [0.1, 0.15) is 11.8 Å². The van der Waals surface area contributed by atoms with E-state index in [0.29, 0.717) is 18.0 Å². The van der Waals surface area contributed by atoms with Gasteiger partial charge in [-0.05, 0) is 51.0 Å². The van der Waals surface area contributed by atoms with Gasteiger partial charge in [-0.2, -0.15) is 5.26 Å². The molecule has 1 amide bonds. The molecule has 19 heavy (non-hydrogen) atoms. The number of carbonyl (C=O) groups excluding carboxylic acids is 1. The average Bonchev–Trinajstić information content (AvgIpc) is 2.46. The normalized spacial score (nSPS) is 16.8. The van der Waals surface area contributed by atoms with Crippen LogP contribution in [0.2, 0.25) is 0 Å². The first-order valence-electron chi connectivity index (χ1n) is 6.52. The van der Waals surface area contributed by atoms with Gasteiger partial charge in [-0.15, -0.1) is 0 Å². The maximum absolute atomic E-state index is 12.0. The van der Waals surface area contributed by atoms with Crippen molar-refractivity contribution in [2.24, 2.45) is 5.92 Å². The Morgan fingerprint density at radius 2 is 2.32 bits per heavy atom. The summed E-state index contributed by atoms with van der Waals surface area (Å²) < 4.78 is 0. The van der Waals surface area contributed by atoms with Gasteiger partial charge in [0.05, 0.1) is 0 Å². The molecule has 0 saturated carbocycles. The van der Waals surface area contributed by atoms with E-state index in [1.54, 1.807) is 6.07 Å². The van der Waals surface area contributed by atoms with E-state index in [1.807, 2.05) is 6.07 Å². The number of rotatable bonds is 3. The van der Waals surface area contributed by atoms with Gasteiger partial charge in [-0.3, -0.25) is 4.79 Å². The number of piperidine rings is 1. The number of nitrogens with one attached hydrogen (secondary N) is 1. The molecule has 0 bridgehead atoms. The Hall–Kier alpha value is -1.93. The first-order chi connectivity index (χ1) is 9.19. The molecule has 1 aliphatic heterocycles. The summed E-state index contributed by atoms with van der Waals surface area (Å²) in [4.78, 5) is 18.1. The molecule has 0 aliphatic carbocycles. The van der Waals surface area contributed by atoms with Crippen LogP contribution in [0, 0.1) is 17.2 Å². The van der Waals surface area contributed by atoms with Crippen molar-refractivity contribution < 1.29 is 4.79 Å². The van der Waals surface area contributed by atoms with Crippen molar-refractivity contribution in [1.29, 1.82) is 5.26 Å². The third kappa shape index (κ3) is 3.76. The predicted octanol–water partition coefficient (Wildman–Crippen LogP) is 1.02. The van der Waals surface area contributed by atoms with Crippen molar-refractivity contribution in [3.8, 4) is 6.07 Å². The highest BCUT2D eigenvalue weighted by atomic mass is 16.1. The number of pyridine rings is 1. The van der Waals surface area contributed by atoms with Crippen LogP contribution in [0.5, 0.6) is 0 Å². The summed E-state index contributed by atoms with van der Waals surface area (Å²) in [6, 6.07) is 5.08. The van der Waals surface area contributed by atoms with Gasteiger partial charge in [0.15, 0.2) is 0 Å². The topological polar surface area (TPSA) is 69.0 Å². The Balaban J connectivity index is 1.85. The Kier molecular flexibility index (Phi) is 4.48. The van der Waals surface area contributed by atoms with Crippen molar-refractivity contribution in [2.75, 3.05) is 26.7 Å². The molecule has 5 heteroatoms. The maximum atomic E-state index is 12.0. The van der Waals surface area contributed by atoms with Crippen LogP contribution in [0.4, 0.5) is 0 Å². The molecule has 0 radical (unpaired) electrons. The van der Waals surface area contributed by atoms with Crippen LogP contribution in [0.3, 0.4) is 0 Å². The fourth-order valence-electron chi connectivity index (χ4n) is 2.24. The number of likely N-dealkylation sites (tertiary alicyclic amines) is 1. The number of amides is 1.